The number of hydrogen-bond donors (Lipinski definition) is 1. The SMILES string of the molecule is CNCC(C)(C)CN1CCCCc2ccccc21. The monoisotopic (exact) mass is 246 g/mol. The van der Waals surface area contributed by atoms with Gasteiger partial charge in [-0.05, 0) is 43.4 Å². The zero-order valence-electron chi connectivity index (χ0n) is 12.0. The zero-order chi connectivity index (χ0) is 13.0. The summed E-state index contributed by atoms with van der Waals surface area (Å²) in [4.78, 5) is 2.58. The van der Waals surface area contributed by atoms with E-state index in [0.29, 0.717) is 5.41 Å². The van der Waals surface area contributed by atoms with Crippen molar-refractivity contribution in [2.75, 3.05) is 31.6 Å². The first-order chi connectivity index (χ1) is 8.62. The molecule has 0 aromatic heterocycles. The Morgan fingerprint density at radius 3 is 2.78 bits per heavy atom. The Kier molecular flexibility index (Phi) is 4.28. The summed E-state index contributed by atoms with van der Waals surface area (Å²) in [6.45, 7) is 8.08. The van der Waals surface area contributed by atoms with E-state index in [9.17, 15) is 0 Å². The molecule has 0 spiro atoms. The highest BCUT2D eigenvalue weighted by molar-refractivity contribution is 5.54. The van der Waals surface area contributed by atoms with Crippen molar-refractivity contribution in [1.82, 2.24) is 5.32 Å². The first-order valence-corrected chi connectivity index (χ1v) is 7.10. The number of anilines is 1. The van der Waals surface area contributed by atoms with E-state index in [1.165, 1.54) is 37.1 Å². The fourth-order valence-corrected chi connectivity index (χ4v) is 2.98. The second kappa shape index (κ2) is 5.75. The Morgan fingerprint density at radius 1 is 1.22 bits per heavy atom. The number of hydrogen-bond acceptors (Lipinski definition) is 2. The maximum atomic E-state index is 3.31. The Balaban J connectivity index is 2.17. The minimum absolute atomic E-state index is 0.312. The van der Waals surface area contributed by atoms with Crippen LogP contribution in [-0.4, -0.2) is 26.7 Å². The number of fused-ring (bicyclic) bond motifs is 1. The van der Waals surface area contributed by atoms with Crippen molar-refractivity contribution < 1.29 is 0 Å². The van der Waals surface area contributed by atoms with Crippen LogP contribution in [0.2, 0.25) is 0 Å². The topological polar surface area (TPSA) is 15.3 Å². The van der Waals surface area contributed by atoms with Crippen LogP contribution in [0.15, 0.2) is 24.3 Å². The third kappa shape index (κ3) is 3.26. The number of nitrogens with zero attached hydrogens (tertiary/aromatic N) is 1. The molecule has 0 radical (unpaired) electrons. The Labute approximate surface area is 111 Å². The van der Waals surface area contributed by atoms with Crippen LogP contribution in [0.4, 0.5) is 5.69 Å². The van der Waals surface area contributed by atoms with Crippen molar-refractivity contribution >= 4 is 5.69 Å². The van der Waals surface area contributed by atoms with Gasteiger partial charge < -0.3 is 10.2 Å². The van der Waals surface area contributed by atoms with E-state index in [2.05, 4.69) is 48.3 Å². The number of aryl methyl sites for hydroxylation is 1. The summed E-state index contributed by atoms with van der Waals surface area (Å²) in [5.74, 6) is 0. The normalized spacial score (nSPS) is 16.3. The summed E-state index contributed by atoms with van der Waals surface area (Å²) in [7, 11) is 2.04. The van der Waals surface area contributed by atoms with Crippen LogP contribution in [0, 0.1) is 5.41 Å². The third-order valence-electron chi connectivity index (χ3n) is 3.73. The van der Waals surface area contributed by atoms with Gasteiger partial charge in [0.15, 0.2) is 0 Å². The predicted octanol–water partition coefficient (Wildman–Crippen LogP) is 3.07. The van der Waals surface area contributed by atoms with Crippen molar-refractivity contribution in [3.8, 4) is 0 Å². The summed E-state index contributed by atoms with van der Waals surface area (Å²) in [6.07, 6.45) is 3.86. The maximum Gasteiger partial charge on any atom is 0.0398 e. The van der Waals surface area contributed by atoms with E-state index in [1.54, 1.807) is 0 Å². The number of benzene rings is 1. The van der Waals surface area contributed by atoms with Gasteiger partial charge in [-0.3, -0.25) is 0 Å². The van der Waals surface area contributed by atoms with Gasteiger partial charge in [-0.25, -0.2) is 0 Å². The molecule has 2 rings (SSSR count). The molecule has 1 aliphatic rings. The van der Waals surface area contributed by atoms with Crippen LogP contribution in [-0.2, 0) is 6.42 Å². The van der Waals surface area contributed by atoms with Crippen LogP contribution in [0.5, 0.6) is 0 Å². The Hall–Kier alpha value is -1.02. The summed E-state index contributed by atoms with van der Waals surface area (Å²) in [5.41, 5.74) is 3.29. The lowest BCUT2D eigenvalue weighted by atomic mass is 9.92. The van der Waals surface area contributed by atoms with Crippen molar-refractivity contribution in [3.63, 3.8) is 0 Å². The molecule has 1 N–H and O–H groups in total. The van der Waals surface area contributed by atoms with E-state index in [1.807, 2.05) is 7.05 Å². The highest BCUT2D eigenvalue weighted by atomic mass is 15.1. The lowest BCUT2D eigenvalue weighted by Crippen LogP contribution is -2.40. The van der Waals surface area contributed by atoms with Crippen LogP contribution in [0.1, 0.15) is 32.3 Å². The van der Waals surface area contributed by atoms with Crippen LogP contribution in [0.3, 0.4) is 0 Å². The highest BCUT2D eigenvalue weighted by Crippen LogP contribution is 2.29. The molecule has 0 saturated heterocycles. The van der Waals surface area contributed by atoms with Gasteiger partial charge in [-0.15, -0.1) is 0 Å². The smallest absolute Gasteiger partial charge is 0.0398 e. The third-order valence-corrected chi connectivity index (χ3v) is 3.73. The molecule has 0 fully saturated rings. The quantitative estimate of drug-likeness (QED) is 0.878. The zero-order valence-corrected chi connectivity index (χ0v) is 12.0. The summed E-state index contributed by atoms with van der Waals surface area (Å²) in [6, 6.07) is 8.91. The molecule has 1 aromatic carbocycles. The minimum Gasteiger partial charge on any atom is -0.371 e. The van der Waals surface area contributed by atoms with Crippen molar-refractivity contribution in [3.05, 3.63) is 29.8 Å². The molecule has 0 unspecified atom stereocenters. The molecule has 0 atom stereocenters. The molecule has 1 heterocycles. The first-order valence-electron chi connectivity index (χ1n) is 7.10. The van der Waals surface area contributed by atoms with Gasteiger partial charge in [-0.1, -0.05) is 32.0 Å². The van der Waals surface area contributed by atoms with Gasteiger partial charge in [0.05, 0.1) is 0 Å². The summed E-state index contributed by atoms with van der Waals surface area (Å²) >= 11 is 0. The second-order valence-electron chi connectivity index (χ2n) is 6.20. The van der Waals surface area contributed by atoms with Crippen LogP contribution >= 0.6 is 0 Å². The van der Waals surface area contributed by atoms with Gasteiger partial charge in [0.25, 0.3) is 0 Å². The van der Waals surface area contributed by atoms with Gasteiger partial charge in [0.2, 0.25) is 0 Å². The van der Waals surface area contributed by atoms with Crippen molar-refractivity contribution in [2.24, 2.45) is 5.41 Å². The Morgan fingerprint density at radius 2 is 2.00 bits per heavy atom. The highest BCUT2D eigenvalue weighted by Gasteiger charge is 2.23. The van der Waals surface area contributed by atoms with Crippen LogP contribution in [0.25, 0.3) is 0 Å². The van der Waals surface area contributed by atoms with E-state index in [0.717, 1.165) is 13.1 Å². The second-order valence-corrected chi connectivity index (χ2v) is 6.20. The molecular formula is C16H26N2. The molecule has 1 aliphatic heterocycles. The average molecular weight is 246 g/mol. The summed E-state index contributed by atoms with van der Waals surface area (Å²) in [5, 5.41) is 3.31. The van der Waals surface area contributed by atoms with E-state index >= 15 is 0 Å². The van der Waals surface area contributed by atoms with E-state index in [-0.39, 0.29) is 0 Å². The largest absolute Gasteiger partial charge is 0.371 e. The maximum absolute atomic E-state index is 3.31. The molecule has 0 saturated carbocycles. The Bertz CT molecular complexity index is 384. The molecule has 2 nitrogen and oxygen atoms in total. The molecule has 100 valence electrons. The molecule has 0 amide bonds. The van der Waals surface area contributed by atoms with Gasteiger partial charge >= 0.3 is 0 Å². The molecular weight excluding hydrogens is 220 g/mol. The molecule has 0 aliphatic carbocycles. The van der Waals surface area contributed by atoms with Gasteiger partial charge in [0.1, 0.15) is 0 Å². The van der Waals surface area contributed by atoms with Crippen molar-refractivity contribution in [1.29, 1.82) is 0 Å². The average Bonchev–Trinajstić information content (AvgIpc) is 2.52. The minimum atomic E-state index is 0.312. The number of para-hydroxylation sites is 1. The lowest BCUT2D eigenvalue weighted by molar-refractivity contribution is 0.352. The van der Waals surface area contributed by atoms with E-state index < -0.39 is 0 Å². The summed E-state index contributed by atoms with van der Waals surface area (Å²) < 4.78 is 0. The van der Waals surface area contributed by atoms with Crippen molar-refractivity contribution in [2.45, 2.75) is 33.1 Å². The number of nitrogens with one attached hydrogen (secondary N) is 1. The lowest BCUT2D eigenvalue weighted by Gasteiger charge is -2.34. The molecule has 0 bridgehead atoms. The predicted molar refractivity (Wildman–Crippen MR) is 79.3 cm³/mol. The number of rotatable bonds is 4. The molecule has 1 aromatic rings. The fraction of sp³-hybridized carbons (Fsp3) is 0.625. The standard InChI is InChI=1S/C16H26N2/c1-16(2,12-17-3)13-18-11-7-6-9-14-8-4-5-10-15(14)18/h4-5,8,10,17H,6-7,9,11-13H2,1-3H3. The van der Waals surface area contributed by atoms with Gasteiger partial charge in [-0.2, -0.15) is 0 Å². The molecule has 18 heavy (non-hydrogen) atoms. The van der Waals surface area contributed by atoms with Crippen LogP contribution < -0.4 is 10.2 Å². The van der Waals surface area contributed by atoms with Gasteiger partial charge in [0, 0.05) is 25.3 Å². The first kappa shape index (κ1) is 13.4. The van der Waals surface area contributed by atoms with E-state index in [4.69, 9.17) is 0 Å². The molecule has 2 heteroatoms. The fourth-order valence-electron chi connectivity index (χ4n) is 2.98.